The summed E-state index contributed by atoms with van der Waals surface area (Å²) < 4.78 is 14.4. The van der Waals surface area contributed by atoms with Gasteiger partial charge in [0.2, 0.25) is 0 Å². The zero-order valence-corrected chi connectivity index (χ0v) is 13.5. The summed E-state index contributed by atoms with van der Waals surface area (Å²) in [7, 11) is 1.87. The number of rotatable bonds is 4. The van der Waals surface area contributed by atoms with E-state index in [0.29, 0.717) is 6.61 Å². The summed E-state index contributed by atoms with van der Waals surface area (Å²) in [5.74, 6) is 1.55. The van der Waals surface area contributed by atoms with Crippen molar-refractivity contribution < 1.29 is 9.47 Å². The summed E-state index contributed by atoms with van der Waals surface area (Å²) in [6, 6.07) is 7.65. The molecule has 0 saturated carbocycles. The van der Waals surface area contributed by atoms with Crippen LogP contribution in [0.4, 0.5) is 0 Å². The van der Waals surface area contributed by atoms with E-state index in [1.54, 1.807) is 4.68 Å². The van der Waals surface area contributed by atoms with E-state index in [1.807, 2.05) is 31.3 Å². The molecule has 0 radical (unpaired) electrons. The van der Waals surface area contributed by atoms with Crippen LogP contribution in [-0.2, 0) is 7.05 Å². The molecule has 2 unspecified atom stereocenters. The molecule has 0 saturated heterocycles. The molecule has 0 spiro atoms. The number of ether oxygens (including phenoxy) is 2. The number of aryl methyl sites for hydroxylation is 1. The monoisotopic (exact) mass is 352 g/mol. The van der Waals surface area contributed by atoms with E-state index < -0.39 is 0 Å². The Kier molecular flexibility index (Phi) is 4.12. The van der Waals surface area contributed by atoms with Crippen molar-refractivity contribution in [2.45, 2.75) is 19.1 Å². The van der Waals surface area contributed by atoms with E-state index in [9.17, 15) is 0 Å². The molecular formula is C14H17BrN4O2. The smallest absolute Gasteiger partial charge is 0.161 e. The van der Waals surface area contributed by atoms with Crippen LogP contribution in [0, 0.1) is 0 Å². The first-order chi connectivity index (χ1) is 10.2. The fraction of sp³-hybridized carbons (Fsp3) is 0.429. The zero-order chi connectivity index (χ0) is 14.8. The topological polar surface area (TPSA) is 61.2 Å². The van der Waals surface area contributed by atoms with Crippen molar-refractivity contribution in [3.05, 3.63) is 34.6 Å². The summed E-state index contributed by atoms with van der Waals surface area (Å²) in [5.41, 5.74) is 0.949. The molecule has 0 fully saturated rings. The molecule has 2 heterocycles. The Hall–Kier alpha value is -1.60. The number of benzene rings is 1. The largest absolute Gasteiger partial charge is 0.486 e. The number of nitrogens with zero attached hydrogens (tertiary/aromatic N) is 3. The Bertz CT molecular complexity index is 612. The van der Waals surface area contributed by atoms with E-state index in [-0.39, 0.29) is 12.1 Å². The maximum Gasteiger partial charge on any atom is 0.161 e. The van der Waals surface area contributed by atoms with Crippen molar-refractivity contribution in [2.75, 3.05) is 13.2 Å². The van der Waals surface area contributed by atoms with Gasteiger partial charge in [0.15, 0.2) is 22.2 Å². The van der Waals surface area contributed by atoms with Crippen LogP contribution in [0.25, 0.3) is 0 Å². The van der Waals surface area contributed by atoms with Crippen LogP contribution in [0.2, 0.25) is 0 Å². The Labute approximate surface area is 131 Å². The number of hydrogen-bond donors (Lipinski definition) is 1. The Morgan fingerprint density at radius 3 is 2.86 bits per heavy atom. The summed E-state index contributed by atoms with van der Waals surface area (Å²) in [6.45, 7) is 3.35. The molecule has 0 aliphatic carbocycles. The highest BCUT2D eigenvalue weighted by Gasteiger charge is 2.33. The van der Waals surface area contributed by atoms with E-state index in [4.69, 9.17) is 9.47 Å². The second kappa shape index (κ2) is 6.03. The molecule has 1 aromatic carbocycles. The Morgan fingerprint density at radius 2 is 2.19 bits per heavy atom. The fourth-order valence-corrected chi connectivity index (χ4v) is 3.07. The van der Waals surface area contributed by atoms with Crippen molar-refractivity contribution in [3.8, 4) is 11.5 Å². The van der Waals surface area contributed by atoms with E-state index in [1.165, 1.54) is 0 Å². The van der Waals surface area contributed by atoms with Crippen LogP contribution >= 0.6 is 15.9 Å². The highest BCUT2D eigenvalue weighted by atomic mass is 79.9. The Balaban J connectivity index is 1.89. The van der Waals surface area contributed by atoms with Gasteiger partial charge in [0, 0.05) is 7.05 Å². The summed E-state index contributed by atoms with van der Waals surface area (Å²) >= 11 is 3.46. The van der Waals surface area contributed by atoms with Crippen molar-refractivity contribution in [2.24, 2.45) is 7.05 Å². The molecule has 0 bridgehead atoms. The van der Waals surface area contributed by atoms with Gasteiger partial charge < -0.3 is 14.8 Å². The average molecular weight is 353 g/mol. The molecule has 7 heteroatoms. The minimum absolute atomic E-state index is 0.0577. The van der Waals surface area contributed by atoms with E-state index >= 15 is 0 Å². The summed E-state index contributed by atoms with van der Waals surface area (Å²) in [6.07, 6.45) is -0.145. The van der Waals surface area contributed by atoms with Crippen LogP contribution in [0.15, 0.2) is 28.9 Å². The van der Waals surface area contributed by atoms with Crippen LogP contribution < -0.4 is 14.8 Å². The van der Waals surface area contributed by atoms with Crippen molar-refractivity contribution in [3.63, 3.8) is 0 Å². The van der Waals surface area contributed by atoms with Crippen LogP contribution in [0.3, 0.4) is 0 Å². The molecule has 1 aliphatic rings. The number of fused-ring (bicyclic) bond motifs is 1. The summed E-state index contributed by atoms with van der Waals surface area (Å²) in [4.78, 5) is 0. The SMILES string of the molecule is CCNC(c1c(Br)nnn1C)C1COc2ccccc2O1. The van der Waals surface area contributed by atoms with Crippen LogP contribution in [-0.4, -0.2) is 34.2 Å². The van der Waals surface area contributed by atoms with Gasteiger partial charge in [0.25, 0.3) is 0 Å². The standard InChI is InChI=1S/C14H17BrN4O2/c1-3-16-12(13-14(15)17-18-19(13)2)11-8-20-9-6-4-5-7-10(9)21-11/h4-7,11-12,16H,3,8H2,1-2H3. The maximum absolute atomic E-state index is 6.10. The van der Waals surface area contributed by atoms with Gasteiger partial charge >= 0.3 is 0 Å². The normalized spacial score (nSPS) is 18.5. The van der Waals surface area contributed by atoms with Gasteiger partial charge in [0.1, 0.15) is 6.61 Å². The lowest BCUT2D eigenvalue weighted by molar-refractivity contribution is 0.0597. The highest BCUT2D eigenvalue weighted by Crippen LogP contribution is 2.35. The Morgan fingerprint density at radius 1 is 1.43 bits per heavy atom. The minimum atomic E-state index is -0.145. The van der Waals surface area contributed by atoms with Gasteiger partial charge in [-0.2, -0.15) is 0 Å². The lowest BCUT2D eigenvalue weighted by Crippen LogP contribution is -2.42. The number of aromatic nitrogens is 3. The molecule has 21 heavy (non-hydrogen) atoms. The van der Waals surface area contributed by atoms with E-state index in [0.717, 1.165) is 28.3 Å². The van der Waals surface area contributed by atoms with Crippen molar-refractivity contribution in [1.29, 1.82) is 0 Å². The predicted octanol–water partition coefficient (Wildman–Crippen LogP) is 2.07. The number of nitrogens with one attached hydrogen (secondary N) is 1. The molecule has 0 amide bonds. The molecule has 3 rings (SSSR count). The summed E-state index contributed by atoms with van der Waals surface area (Å²) in [5, 5.41) is 11.5. The number of likely N-dealkylation sites (N-methyl/N-ethyl adjacent to an activating group) is 1. The predicted molar refractivity (Wildman–Crippen MR) is 81.5 cm³/mol. The quantitative estimate of drug-likeness (QED) is 0.912. The third-order valence-electron chi connectivity index (χ3n) is 3.45. The van der Waals surface area contributed by atoms with Gasteiger partial charge in [-0.1, -0.05) is 24.3 Å². The van der Waals surface area contributed by atoms with E-state index in [2.05, 4.69) is 38.5 Å². The average Bonchev–Trinajstić information content (AvgIpc) is 2.84. The van der Waals surface area contributed by atoms with Gasteiger partial charge in [-0.15, -0.1) is 5.10 Å². The third kappa shape index (κ3) is 2.75. The molecule has 2 aromatic rings. The molecule has 2 atom stereocenters. The zero-order valence-electron chi connectivity index (χ0n) is 11.9. The third-order valence-corrected chi connectivity index (χ3v) is 4.01. The second-order valence-electron chi connectivity index (χ2n) is 4.84. The number of halogens is 1. The molecule has 1 N–H and O–H groups in total. The minimum Gasteiger partial charge on any atom is -0.486 e. The van der Waals surface area contributed by atoms with Crippen molar-refractivity contribution in [1.82, 2.24) is 20.3 Å². The fourth-order valence-electron chi connectivity index (χ4n) is 2.49. The maximum atomic E-state index is 6.10. The number of para-hydroxylation sites is 2. The first-order valence-electron chi connectivity index (χ1n) is 6.87. The lowest BCUT2D eigenvalue weighted by atomic mass is 10.1. The number of hydrogen-bond acceptors (Lipinski definition) is 5. The lowest BCUT2D eigenvalue weighted by Gasteiger charge is -2.32. The van der Waals surface area contributed by atoms with Crippen LogP contribution in [0.5, 0.6) is 11.5 Å². The molecule has 1 aliphatic heterocycles. The first-order valence-corrected chi connectivity index (χ1v) is 7.67. The second-order valence-corrected chi connectivity index (χ2v) is 5.59. The highest BCUT2D eigenvalue weighted by molar-refractivity contribution is 9.10. The van der Waals surface area contributed by atoms with Gasteiger partial charge in [0.05, 0.1) is 11.7 Å². The van der Waals surface area contributed by atoms with Crippen molar-refractivity contribution >= 4 is 15.9 Å². The molecule has 1 aromatic heterocycles. The molecule has 6 nitrogen and oxygen atoms in total. The van der Waals surface area contributed by atoms with Gasteiger partial charge in [-0.25, -0.2) is 4.68 Å². The molecule has 112 valence electrons. The van der Waals surface area contributed by atoms with Gasteiger partial charge in [-0.3, -0.25) is 0 Å². The first kappa shape index (κ1) is 14.3. The van der Waals surface area contributed by atoms with Crippen LogP contribution in [0.1, 0.15) is 18.7 Å². The molecular weight excluding hydrogens is 336 g/mol. The van der Waals surface area contributed by atoms with Gasteiger partial charge in [-0.05, 0) is 34.6 Å².